The molecule has 0 saturated heterocycles. The van der Waals surface area contributed by atoms with Gasteiger partial charge in [0.1, 0.15) is 5.75 Å². The number of nitrogens with zero attached hydrogens (tertiary/aromatic N) is 1. The highest BCUT2D eigenvalue weighted by atomic mass is 79.9. The minimum absolute atomic E-state index is 0.738. The minimum atomic E-state index is 0.738. The number of hydrogen-bond acceptors (Lipinski definition) is 3. The van der Waals surface area contributed by atoms with Gasteiger partial charge in [-0.25, -0.2) is 0 Å². The fourth-order valence-electron chi connectivity index (χ4n) is 3.34. The molecule has 4 aromatic carbocycles. The van der Waals surface area contributed by atoms with E-state index in [9.17, 15) is 0 Å². The smallest absolute Gasteiger partial charge is 0.135 e. The summed E-state index contributed by atoms with van der Waals surface area (Å²) in [5.41, 5.74) is 5.63. The molecule has 150 valence electrons. The number of benzene rings is 4. The molecule has 1 N–H and O–H groups in total. The predicted octanol–water partition coefficient (Wildman–Crippen LogP) is 7.54. The maximum Gasteiger partial charge on any atom is 0.135 e. The Bertz CT molecular complexity index is 1040. The van der Waals surface area contributed by atoms with Crippen molar-refractivity contribution < 1.29 is 4.74 Å². The van der Waals surface area contributed by atoms with Gasteiger partial charge in [-0.3, -0.25) is 0 Å². The first-order valence-electron chi connectivity index (χ1n) is 9.81. The Hall–Kier alpha value is -3.24. The Morgan fingerprint density at radius 2 is 1.30 bits per heavy atom. The second kappa shape index (κ2) is 9.51. The second-order valence-corrected chi connectivity index (χ2v) is 7.73. The Kier molecular flexibility index (Phi) is 6.35. The fourth-order valence-corrected chi connectivity index (χ4v) is 3.75. The molecule has 0 heterocycles. The Morgan fingerprint density at radius 1 is 0.733 bits per heavy atom. The van der Waals surface area contributed by atoms with E-state index in [0.29, 0.717) is 0 Å². The SMILES string of the molecule is COc1cc(NCc2ccc(N(c3ccccc3)c3ccccc3)cc2)ccc1Br. The van der Waals surface area contributed by atoms with E-state index >= 15 is 0 Å². The van der Waals surface area contributed by atoms with Gasteiger partial charge in [-0.1, -0.05) is 48.5 Å². The third-order valence-electron chi connectivity index (χ3n) is 4.87. The Labute approximate surface area is 186 Å². The lowest BCUT2D eigenvalue weighted by atomic mass is 10.1. The molecule has 0 fully saturated rings. The molecule has 0 aliphatic rings. The minimum Gasteiger partial charge on any atom is -0.495 e. The van der Waals surface area contributed by atoms with Crippen LogP contribution in [-0.4, -0.2) is 7.11 Å². The molecular weight excluding hydrogens is 436 g/mol. The highest BCUT2D eigenvalue weighted by Crippen LogP contribution is 2.34. The molecule has 0 aromatic heterocycles. The average molecular weight is 459 g/mol. The van der Waals surface area contributed by atoms with Crippen LogP contribution in [0.5, 0.6) is 5.75 Å². The second-order valence-electron chi connectivity index (χ2n) is 6.88. The Morgan fingerprint density at radius 3 is 1.87 bits per heavy atom. The summed E-state index contributed by atoms with van der Waals surface area (Å²) in [5, 5.41) is 3.46. The third kappa shape index (κ3) is 4.66. The molecule has 0 saturated carbocycles. The van der Waals surface area contributed by atoms with Crippen molar-refractivity contribution >= 4 is 38.7 Å². The van der Waals surface area contributed by atoms with Gasteiger partial charge in [0.25, 0.3) is 0 Å². The van der Waals surface area contributed by atoms with Crippen LogP contribution >= 0.6 is 15.9 Å². The highest BCUT2D eigenvalue weighted by molar-refractivity contribution is 9.10. The van der Waals surface area contributed by atoms with E-state index in [1.807, 2.05) is 30.3 Å². The fraction of sp³-hybridized carbons (Fsp3) is 0.0769. The zero-order valence-corrected chi connectivity index (χ0v) is 18.3. The number of anilines is 4. The van der Waals surface area contributed by atoms with Crippen LogP contribution < -0.4 is 15.0 Å². The monoisotopic (exact) mass is 458 g/mol. The number of halogens is 1. The summed E-state index contributed by atoms with van der Waals surface area (Å²) in [5.74, 6) is 0.816. The molecular formula is C26H23BrN2O. The van der Waals surface area contributed by atoms with Gasteiger partial charge in [-0.15, -0.1) is 0 Å². The first kappa shape index (κ1) is 20.0. The Balaban J connectivity index is 1.54. The summed E-state index contributed by atoms with van der Waals surface area (Å²) in [4.78, 5) is 2.26. The first-order valence-corrected chi connectivity index (χ1v) is 10.6. The third-order valence-corrected chi connectivity index (χ3v) is 5.53. The van der Waals surface area contributed by atoms with E-state index in [0.717, 1.165) is 39.5 Å². The van der Waals surface area contributed by atoms with Crippen LogP contribution in [0.1, 0.15) is 5.56 Å². The lowest BCUT2D eigenvalue weighted by Crippen LogP contribution is -2.09. The summed E-state index contributed by atoms with van der Waals surface area (Å²) in [6.45, 7) is 0.738. The molecule has 0 aliphatic carbocycles. The first-order chi connectivity index (χ1) is 14.7. The molecule has 3 nitrogen and oxygen atoms in total. The van der Waals surface area contributed by atoms with Crippen molar-refractivity contribution in [2.75, 3.05) is 17.3 Å². The number of rotatable bonds is 7. The van der Waals surface area contributed by atoms with Gasteiger partial charge in [-0.05, 0) is 70.0 Å². The highest BCUT2D eigenvalue weighted by Gasteiger charge is 2.11. The maximum atomic E-state index is 5.37. The quantitative estimate of drug-likeness (QED) is 0.309. The zero-order valence-electron chi connectivity index (χ0n) is 16.8. The van der Waals surface area contributed by atoms with E-state index < -0.39 is 0 Å². The van der Waals surface area contributed by atoms with Crippen molar-refractivity contribution in [3.8, 4) is 5.75 Å². The van der Waals surface area contributed by atoms with Gasteiger partial charge in [0.05, 0.1) is 11.6 Å². The van der Waals surface area contributed by atoms with Crippen molar-refractivity contribution in [1.82, 2.24) is 0 Å². The molecule has 30 heavy (non-hydrogen) atoms. The van der Waals surface area contributed by atoms with Crippen LogP contribution in [-0.2, 0) is 6.54 Å². The van der Waals surface area contributed by atoms with Crippen molar-refractivity contribution in [3.63, 3.8) is 0 Å². The summed E-state index contributed by atoms with van der Waals surface area (Å²) < 4.78 is 6.32. The zero-order chi connectivity index (χ0) is 20.8. The standard InChI is InChI=1S/C26H23BrN2O/c1-30-26-18-21(14-17-25(26)27)28-19-20-12-15-24(16-13-20)29(22-8-4-2-5-9-22)23-10-6-3-7-11-23/h2-18,28H,19H2,1H3. The maximum absolute atomic E-state index is 5.37. The van der Waals surface area contributed by atoms with Crippen molar-refractivity contribution in [2.45, 2.75) is 6.54 Å². The van der Waals surface area contributed by atoms with Crippen molar-refractivity contribution in [1.29, 1.82) is 0 Å². The van der Waals surface area contributed by atoms with E-state index in [1.54, 1.807) is 7.11 Å². The number of methoxy groups -OCH3 is 1. The van der Waals surface area contributed by atoms with Crippen LogP contribution in [0.4, 0.5) is 22.7 Å². The summed E-state index contributed by atoms with van der Waals surface area (Å²) in [7, 11) is 1.67. The number of ether oxygens (including phenoxy) is 1. The van der Waals surface area contributed by atoms with Crippen LogP contribution in [0.25, 0.3) is 0 Å². The van der Waals surface area contributed by atoms with Gasteiger partial charge >= 0.3 is 0 Å². The molecule has 0 bridgehead atoms. The topological polar surface area (TPSA) is 24.5 Å². The van der Waals surface area contributed by atoms with E-state index in [1.165, 1.54) is 5.56 Å². The molecule has 0 radical (unpaired) electrons. The van der Waals surface area contributed by atoms with Gasteiger partial charge in [0.15, 0.2) is 0 Å². The van der Waals surface area contributed by atoms with Crippen molar-refractivity contribution in [3.05, 3.63) is 113 Å². The average Bonchev–Trinajstić information content (AvgIpc) is 2.81. The summed E-state index contributed by atoms with van der Waals surface area (Å²) in [6.07, 6.45) is 0. The molecule has 4 heteroatoms. The number of para-hydroxylation sites is 2. The van der Waals surface area contributed by atoms with Gasteiger partial charge in [-0.2, -0.15) is 0 Å². The number of nitrogens with one attached hydrogen (secondary N) is 1. The molecule has 4 aromatic rings. The molecule has 0 atom stereocenters. The largest absolute Gasteiger partial charge is 0.495 e. The van der Waals surface area contributed by atoms with Crippen LogP contribution in [0.3, 0.4) is 0 Å². The van der Waals surface area contributed by atoms with Crippen LogP contribution in [0, 0.1) is 0 Å². The predicted molar refractivity (Wildman–Crippen MR) is 129 cm³/mol. The molecule has 0 amide bonds. The normalized spacial score (nSPS) is 10.5. The molecule has 4 rings (SSSR count). The molecule has 0 spiro atoms. The van der Waals surface area contributed by atoms with Crippen LogP contribution in [0.2, 0.25) is 0 Å². The van der Waals surface area contributed by atoms with Gasteiger partial charge in [0, 0.05) is 35.4 Å². The van der Waals surface area contributed by atoms with Gasteiger partial charge in [0.2, 0.25) is 0 Å². The van der Waals surface area contributed by atoms with Crippen LogP contribution in [0.15, 0.2) is 108 Å². The van der Waals surface area contributed by atoms with Crippen molar-refractivity contribution in [2.24, 2.45) is 0 Å². The van der Waals surface area contributed by atoms with E-state index in [-0.39, 0.29) is 0 Å². The summed E-state index contributed by atoms with van der Waals surface area (Å²) >= 11 is 3.49. The van der Waals surface area contributed by atoms with E-state index in [4.69, 9.17) is 4.74 Å². The summed E-state index contributed by atoms with van der Waals surface area (Å²) in [6, 6.07) is 35.5. The molecule has 0 unspecified atom stereocenters. The lowest BCUT2D eigenvalue weighted by Gasteiger charge is -2.25. The van der Waals surface area contributed by atoms with Gasteiger partial charge < -0.3 is 15.0 Å². The lowest BCUT2D eigenvalue weighted by molar-refractivity contribution is 0.412. The van der Waals surface area contributed by atoms with E-state index in [2.05, 4.69) is 98.9 Å². The molecule has 0 aliphatic heterocycles. The number of hydrogen-bond donors (Lipinski definition) is 1.